The smallest absolute Gasteiger partial charge is 0.338 e. The second-order valence-corrected chi connectivity index (χ2v) is 6.85. The molecule has 0 spiro atoms. The predicted molar refractivity (Wildman–Crippen MR) is 114 cm³/mol. The van der Waals surface area contributed by atoms with Crippen molar-refractivity contribution in [2.45, 2.75) is 13.0 Å². The molecule has 31 heavy (non-hydrogen) atoms. The molecule has 2 aromatic carbocycles. The summed E-state index contributed by atoms with van der Waals surface area (Å²) in [6.07, 6.45) is 0. The SMILES string of the molecule is COc1ccc(OC)c([C@@H]2NC(=O)N(C)C(C)=C2C(=O)OCCOc2ccccc2)c1. The third-order valence-electron chi connectivity index (χ3n) is 5.05. The monoisotopic (exact) mass is 426 g/mol. The number of esters is 1. The molecule has 3 rings (SSSR count). The number of para-hydroxylation sites is 1. The van der Waals surface area contributed by atoms with E-state index in [1.807, 2.05) is 30.3 Å². The Balaban J connectivity index is 1.82. The quantitative estimate of drug-likeness (QED) is 0.515. The number of methoxy groups -OCH3 is 2. The lowest BCUT2D eigenvalue weighted by Gasteiger charge is -2.33. The van der Waals surface area contributed by atoms with E-state index < -0.39 is 12.0 Å². The highest BCUT2D eigenvalue weighted by Gasteiger charge is 2.36. The minimum atomic E-state index is -0.753. The van der Waals surface area contributed by atoms with Crippen LogP contribution in [0, 0.1) is 0 Å². The average molecular weight is 426 g/mol. The molecule has 1 aliphatic rings. The summed E-state index contributed by atoms with van der Waals surface area (Å²) in [5.74, 6) is 1.24. The van der Waals surface area contributed by atoms with Gasteiger partial charge in [0.15, 0.2) is 0 Å². The number of nitrogens with one attached hydrogen (secondary N) is 1. The number of allylic oxidation sites excluding steroid dienone is 1. The number of amides is 2. The summed E-state index contributed by atoms with van der Waals surface area (Å²) in [5.41, 5.74) is 1.40. The van der Waals surface area contributed by atoms with Gasteiger partial charge in [0.05, 0.1) is 25.8 Å². The first-order chi connectivity index (χ1) is 15.0. The molecule has 164 valence electrons. The van der Waals surface area contributed by atoms with Crippen LogP contribution in [0.25, 0.3) is 0 Å². The molecule has 0 aliphatic carbocycles. The number of nitrogens with zero attached hydrogens (tertiary/aromatic N) is 1. The van der Waals surface area contributed by atoms with Crippen molar-refractivity contribution in [3.8, 4) is 17.2 Å². The summed E-state index contributed by atoms with van der Waals surface area (Å²) in [5, 5.41) is 2.85. The van der Waals surface area contributed by atoms with Gasteiger partial charge < -0.3 is 29.2 Å². The zero-order chi connectivity index (χ0) is 22.4. The average Bonchev–Trinajstić information content (AvgIpc) is 2.80. The van der Waals surface area contributed by atoms with E-state index >= 15 is 0 Å². The number of carbonyl (C=O) groups is 2. The van der Waals surface area contributed by atoms with Gasteiger partial charge in [-0.05, 0) is 37.3 Å². The summed E-state index contributed by atoms with van der Waals surface area (Å²) >= 11 is 0. The summed E-state index contributed by atoms with van der Waals surface area (Å²) in [7, 11) is 4.66. The number of rotatable bonds is 8. The summed E-state index contributed by atoms with van der Waals surface area (Å²) in [6.45, 7) is 1.97. The van der Waals surface area contributed by atoms with Gasteiger partial charge in [-0.25, -0.2) is 9.59 Å². The van der Waals surface area contributed by atoms with Crippen molar-refractivity contribution in [1.82, 2.24) is 10.2 Å². The maximum Gasteiger partial charge on any atom is 0.338 e. The Kier molecular flexibility index (Phi) is 7.02. The normalized spacial score (nSPS) is 15.9. The first kappa shape index (κ1) is 22.0. The Morgan fingerprint density at radius 1 is 1.03 bits per heavy atom. The van der Waals surface area contributed by atoms with Crippen molar-refractivity contribution in [3.05, 3.63) is 65.4 Å². The lowest BCUT2D eigenvalue weighted by atomic mass is 9.94. The minimum absolute atomic E-state index is 0.0597. The largest absolute Gasteiger partial charge is 0.497 e. The predicted octanol–water partition coefficient (Wildman–Crippen LogP) is 3.30. The highest BCUT2D eigenvalue weighted by molar-refractivity contribution is 5.95. The molecule has 0 aromatic heterocycles. The van der Waals surface area contributed by atoms with E-state index in [-0.39, 0.29) is 19.2 Å². The molecule has 1 N–H and O–H groups in total. The van der Waals surface area contributed by atoms with Crippen molar-refractivity contribution in [3.63, 3.8) is 0 Å². The van der Waals surface area contributed by atoms with Gasteiger partial charge in [0.2, 0.25) is 0 Å². The molecule has 0 radical (unpaired) electrons. The van der Waals surface area contributed by atoms with Gasteiger partial charge in [0.25, 0.3) is 0 Å². The Bertz CT molecular complexity index is 973. The summed E-state index contributed by atoms with van der Waals surface area (Å²) < 4.78 is 21.8. The highest BCUT2D eigenvalue weighted by Crippen LogP contribution is 2.37. The van der Waals surface area contributed by atoms with E-state index in [2.05, 4.69) is 5.32 Å². The van der Waals surface area contributed by atoms with Gasteiger partial charge in [-0.1, -0.05) is 18.2 Å². The maximum absolute atomic E-state index is 13.0. The standard InChI is InChI=1S/C23H26N2O6/c1-15-20(22(26)31-13-12-30-16-8-6-5-7-9-16)21(24-23(27)25(15)2)18-14-17(28-3)10-11-19(18)29-4/h5-11,14,21H,12-13H2,1-4H3,(H,24,27)/t21-/m0/s1. The van der Waals surface area contributed by atoms with E-state index in [1.165, 1.54) is 12.0 Å². The van der Waals surface area contributed by atoms with Crippen LogP contribution < -0.4 is 19.5 Å². The van der Waals surface area contributed by atoms with Gasteiger partial charge in [0, 0.05) is 18.3 Å². The lowest BCUT2D eigenvalue weighted by Crippen LogP contribution is -2.46. The maximum atomic E-state index is 13.0. The molecule has 0 bridgehead atoms. The van der Waals surface area contributed by atoms with E-state index in [0.29, 0.717) is 34.1 Å². The third-order valence-corrected chi connectivity index (χ3v) is 5.05. The van der Waals surface area contributed by atoms with Crippen LogP contribution in [-0.4, -0.2) is 51.4 Å². The Hall–Kier alpha value is -3.68. The van der Waals surface area contributed by atoms with Crippen LogP contribution in [-0.2, 0) is 9.53 Å². The van der Waals surface area contributed by atoms with Gasteiger partial charge >= 0.3 is 12.0 Å². The number of urea groups is 1. The zero-order valence-electron chi connectivity index (χ0n) is 18.0. The van der Waals surface area contributed by atoms with Crippen molar-refractivity contribution >= 4 is 12.0 Å². The molecule has 8 heteroatoms. The Labute approximate surface area is 181 Å². The van der Waals surface area contributed by atoms with Crippen LogP contribution in [0.4, 0.5) is 4.79 Å². The van der Waals surface area contributed by atoms with Crippen molar-refractivity contribution < 1.29 is 28.5 Å². The molecule has 0 unspecified atom stereocenters. The van der Waals surface area contributed by atoms with Crippen molar-refractivity contribution in [2.75, 3.05) is 34.5 Å². The molecular weight excluding hydrogens is 400 g/mol. The number of ether oxygens (including phenoxy) is 4. The number of carbonyl (C=O) groups excluding carboxylic acids is 2. The van der Waals surface area contributed by atoms with Crippen LogP contribution in [0.15, 0.2) is 59.8 Å². The summed E-state index contributed by atoms with van der Waals surface area (Å²) in [4.78, 5) is 26.9. The van der Waals surface area contributed by atoms with E-state index in [4.69, 9.17) is 18.9 Å². The number of hydrogen-bond donors (Lipinski definition) is 1. The fourth-order valence-corrected chi connectivity index (χ4v) is 3.29. The lowest BCUT2D eigenvalue weighted by molar-refractivity contribution is -0.140. The van der Waals surface area contributed by atoms with Crippen LogP contribution in [0.3, 0.4) is 0 Å². The molecule has 8 nitrogen and oxygen atoms in total. The molecular formula is C23H26N2O6. The fraction of sp³-hybridized carbons (Fsp3) is 0.304. The topological polar surface area (TPSA) is 86.3 Å². The fourth-order valence-electron chi connectivity index (χ4n) is 3.29. The van der Waals surface area contributed by atoms with Crippen LogP contribution in [0.5, 0.6) is 17.2 Å². The molecule has 1 heterocycles. The number of benzene rings is 2. The molecule has 0 saturated carbocycles. The molecule has 0 fully saturated rings. The van der Waals surface area contributed by atoms with Gasteiger partial charge in [-0.2, -0.15) is 0 Å². The van der Waals surface area contributed by atoms with Crippen LogP contribution >= 0.6 is 0 Å². The molecule has 2 aromatic rings. The van der Waals surface area contributed by atoms with E-state index in [0.717, 1.165) is 0 Å². The van der Waals surface area contributed by atoms with Crippen LogP contribution in [0.2, 0.25) is 0 Å². The molecule has 2 amide bonds. The van der Waals surface area contributed by atoms with Crippen molar-refractivity contribution in [2.24, 2.45) is 0 Å². The highest BCUT2D eigenvalue weighted by atomic mass is 16.6. The zero-order valence-corrected chi connectivity index (χ0v) is 18.0. The van der Waals surface area contributed by atoms with Gasteiger partial charge in [0.1, 0.15) is 30.5 Å². The van der Waals surface area contributed by atoms with Gasteiger partial charge in [-0.3, -0.25) is 0 Å². The van der Waals surface area contributed by atoms with E-state index in [1.54, 1.807) is 39.3 Å². The first-order valence-electron chi connectivity index (χ1n) is 9.78. The van der Waals surface area contributed by atoms with Crippen molar-refractivity contribution in [1.29, 1.82) is 0 Å². The third kappa shape index (κ3) is 4.91. The molecule has 1 aliphatic heterocycles. The molecule has 0 saturated heterocycles. The van der Waals surface area contributed by atoms with Crippen LogP contribution in [0.1, 0.15) is 18.5 Å². The first-order valence-corrected chi connectivity index (χ1v) is 9.78. The number of hydrogen-bond acceptors (Lipinski definition) is 6. The van der Waals surface area contributed by atoms with E-state index in [9.17, 15) is 9.59 Å². The summed E-state index contributed by atoms with van der Waals surface area (Å²) in [6, 6.07) is 13.4. The second kappa shape index (κ2) is 9.88. The Morgan fingerprint density at radius 3 is 2.45 bits per heavy atom. The van der Waals surface area contributed by atoms with Gasteiger partial charge in [-0.15, -0.1) is 0 Å². The Morgan fingerprint density at radius 2 is 1.77 bits per heavy atom. The molecule has 1 atom stereocenters. The minimum Gasteiger partial charge on any atom is -0.497 e. The second-order valence-electron chi connectivity index (χ2n) is 6.85.